The monoisotopic (exact) mass is 463 g/mol. The van der Waals surface area contributed by atoms with Crippen LogP contribution in [0.25, 0.3) is 0 Å². The molecule has 0 saturated heterocycles. The largest absolute Gasteiger partial charge is 0.416 e. The Morgan fingerprint density at radius 3 is 1.07 bits per heavy atom. The third-order valence-corrected chi connectivity index (χ3v) is 5.91. The van der Waals surface area contributed by atoms with Gasteiger partial charge in [0.05, 0.1) is 11.1 Å². The van der Waals surface area contributed by atoms with Crippen LogP contribution in [0.5, 0.6) is 0 Å². The summed E-state index contributed by atoms with van der Waals surface area (Å²) in [5.74, 6) is 0. The van der Waals surface area contributed by atoms with E-state index in [2.05, 4.69) is 0 Å². The Balaban J connectivity index is 2.08. The van der Waals surface area contributed by atoms with Gasteiger partial charge in [0, 0.05) is 11.4 Å². The normalized spacial score (nSPS) is 13.2. The standard InChI is InChI=1S/C14H11F6N3O4S2/c15-13(16,17)9-1-5-11(6-2-9)21-28(24,25)23-29(26,27)22-12-7-3-10(4-8-12)14(18,19)20/h1-8,21-23H. The number of benzene rings is 2. The van der Waals surface area contributed by atoms with Gasteiger partial charge in [-0.3, -0.25) is 9.44 Å². The molecule has 29 heavy (non-hydrogen) atoms. The van der Waals surface area contributed by atoms with Crippen LogP contribution in [0.1, 0.15) is 11.1 Å². The minimum atomic E-state index is -4.80. The van der Waals surface area contributed by atoms with Crippen molar-refractivity contribution >= 4 is 31.8 Å². The minimum absolute atomic E-state index is 0.366. The van der Waals surface area contributed by atoms with Gasteiger partial charge >= 0.3 is 32.8 Å². The Labute approximate surface area is 161 Å². The first-order chi connectivity index (χ1) is 13.1. The van der Waals surface area contributed by atoms with E-state index in [9.17, 15) is 43.2 Å². The van der Waals surface area contributed by atoms with Crippen LogP contribution in [0.3, 0.4) is 0 Å². The molecule has 0 unspecified atom stereocenters. The second-order valence-electron chi connectivity index (χ2n) is 5.44. The number of halogens is 6. The number of anilines is 2. The number of nitrogens with one attached hydrogen (secondary N) is 3. The fourth-order valence-electron chi connectivity index (χ4n) is 1.95. The molecule has 2 rings (SSSR count). The first kappa shape index (κ1) is 22.8. The van der Waals surface area contributed by atoms with Crippen molar-refractivity contribution in [3.8, 4) is 0 Å². The van der Waals surface area contributed by atoms with Crippen molar-refractivity contribution in [1.29, 1.82) is 0 Å². The van der Waals surface area contributed by atoms with E-state index < -0.39 is 43.9 Å². The lowest BCUT2D eigenvalue weighted by molar-refractivity contribution is -0.138. The quantitative estimate of drug-likeness (QED) is 0.572. The van der Waals surface area contributed by atoms with Crippen molar-refractivity contribution in [3.05, 3.63) is 59.7 Å². The third kappa shape index (κ3) is 6.79. The molecule has 160 valence electrons. The molecule has 0 heterocycles. The van der Waals surface area contributed by atoms with Gasteiger partial charge in [-0.05, 0) is 48.5 Å². The molecule has 0 amide bonds. The first-order valence-electron chi connectivity index (χ1n) is 7.26. The Kier molecular flexibility index (Phi) is 6.06. The van der Waals surface area contributed by atoms with Crippen LogP contribution in [0, 0.1) is 0 Å². The predicted octanol–water partition coefficient (Wildman–Crippen LogP) is 3.33. The lowest BCUT2D eigenvalue weighted by atomic mass is 10.2. The molecule has 0 aliphatic heterocycles. The van der Waals surface area contributed by atoms with Gasteiger partial charge in [-0.2, -0.15) is 43.2 Å². The van der Waals surface area contributed by atoms with Crippen molar-refractivity contribution in [2.24, 2.45) is 0 Å². The second-order valence-corrected chi connectivity index (χ2v) is 8.53. The van der Waals surface area contributed by atoms with Crippen LogP contribution in [-0.4, -0.2) is 16.8 Å². The molecule has 3 N–H and O–H groups in total. The number of hydrogen-bond acceptors (Lipinski definition) is 4. The summed E-state index contributed by atoms with van der Waals surface area (Å²) in [6.07, 6.45) is -9.30. The molecule has 0 saturated carbocycles. The fraction of sp³-hybridized carbons (Fsp3) is 0.143. The molecule has 0 aliphatic carbocycles. The smallest absolute Gasteiger partial charge is 0.270 e. The molecule has 0 spiro atoms. The number of alkyl halides is 6. The summed E-state index contributed by atoms with van der Waals surface area (Å²) in [7, 11) is -9.61. The topological polar surface area (TPSA) is 104 Å². The molecule has 15 heteroatoms. The van der Waals surface area contributed by atoms with Gasteiger partial charge in [0.2, 0.25) is 0 Å². The first-order valence-corrected chi connectivity index (χ1v) is 10.2. The van der Waals surface area contributed by atoms with E-state index in [0.717, 1.165) is 24.3 Å². The third-order valence-electron chi connectivity index (χ3n) is 3.15. The molecule has 2 aromatic rings. The van der Waals surface area contributed by atoms with E-state index in [0.29, 0.717) is 24.3 Å². The van der Waals surface area contributed by atoms with Gasteiger partial charge in [-0.1, -0.05) is 4.13 Å². The van der Waals surface area contributed by atoms with Gasteiger partial charge in [0.15, 0.2) is 0 Å². The molecule has 7 nitrogen and oxygen atoms in total. The highest BCUT2D eigenvalue weighted by atomic mass is 32.3. The van der Waals surface area contributed by atoms with Crippen molar-refractivity contribution < 1.29 is 43.2 Å². The highest BCUT2D eigenvalue weighted by Crippen LogP contribution is 2.31. The maximum Gasteiger partial charge on any atom is 0.416 e. The van der Waals surface area contributed by atoms with Gasteiger partial charge < -0.3 is 0 Å². The highest BCUT2D eigenvalue weighted by molar-refractivity contribution is 8.05. The minimum Gasteiger partial charge on any atom is -0.270 e. The molecule has 0 radical (unpaired) electrons. The van der Waals surface area contributed by atoms with Crippen LogP contribution >= 0.6 is 0 Å². The lowest BCUT2D eigenvalue weighted by Crippen LogP contribution is -2.38. The summed E-state index contributed by atoms with van der Waals surface area (Å²) >= 11 is 0. The second kappa shape index (κ2) is 7.72. The average Bonchev–Trinajstić information content (AvgIpc) is 2.52. The Morgan fingerprint density at radius 1 is 0.552 bits per heavy atom. The van der Waals surface area contributed by atoms with E-state index in [4.69, 9.17) is 0 Å². The summed E-state index contributed by atoms with van der Waals surface area (Å²) in [5.41, 5.74) is -2.83. The van der Waals surface area contributed by atoms with Gasteiger partial charge in [0.25, 0.3) is 0 Å². The van der Waals surface area contributed by atoms with E-state index in [-0.39, 0.29) is 11.4 Å². The van der Waals surface area contributed by atoms with E-state index in [1.807, 2.05) is 0 Å². The zero-order chi connectivity index (χ0) is 22.1. The van der Waals surface area contributed by atoms with Gasteiger partial charge in [-0.25, -0.2) is 0 Å². The Hall–Kier alpha value is -2.52. The zero-order valence-corrected chi connectivity index (χ0v) is 15.5. The average molecular weight is 463 g/mol. The highest BCUT2D eigenvalue weighted by Gasteiger charge is 2.31. The summed E-state index contributed by atoms with van der Waals surface area (Å²) in [4.78, 5) is 0. The van der Waals surface area contributed by atoms with Gasteiger partial charge in [-0.15, -0.1) is 0 Å². The van der Waals surface area contributed by atoms with Crippen LogP contribution in [-0.2, 0) is 32.8 Å². The Bertz CT molecular complexity index is 977. The number of hydrogen-bond donors (Lipinski definition) is 3. The van der Waals surface area contributed by atoms with Crippen molar-refractivity contribution in [2.75, 3.05) is 9.44 Å². The lowest BCUT2D eigenvalue weighted by Gasteiger charge is -2.13. The SMILES string of the molecule is O=S(=O)(Nc1ccc(C(F)(F)F)cc1)NS(=O)(=O)Nc1ccc(C(F)(F)F)cc1. The molecule has 2 aromatic carbocycles. The van der Waals surface area contributed by atoms with E-state index in [1.165, 1.54) is 4.13 Å². The van der Waals surface area contributed by atoms with Gasteiger partial charge in [0.1, 0.15) is 0 Å². The Morgan fingerprint density at radius 2 is 0.828 bits per heavy atom. The predicted molar refractivity (Wildman–Crippen MR) is 91.1 cm³/mol. The maximum absolute atomic E-state index is 12.5. The van der Waals surface area contributed by atoms with Crippen molar-refractivity contribution in [1.82, 2.24) is 4.13 Å². The zero-order valence-electron chi connectivity index (χ0n) is 13.8. The van der Waals surface area contributed by atoms with E-state index in [1.54, 1.807) is 9.44 Å². The van der Waals surface area contributed by atoms with Crippen LogP contribution in [0.2, 0.25) is 0 Å². The summed E-state index contributed by atoms with van der Waals surface area (Å²) in [6, 6.07) is 5.35. The fourth-order valence-corrected chi connectivity index (χ4v) is 4.33. The maximum atomic E-state index is 12.5. The molecule has 0 aromatic heterocycles. The molecule has 0 bridgehead atoms. The van der Waals surface area contributed by atoms with Crippen molar-refractivity contribution in [3.63, 3.8) is 0 Å². The molecule has 0 fully saturated rings. The summed E-state index contributed by atoms with van der Waals surface area (Å²) in [5, 5.41) is 0. The van der Waals surface area contributed by atoms with Crippen LogP contribution in [0.4, 0.5) is 37.7 Å². The van der Waals surface area contributed by atoms with Crippen LogP contribution < -0.4 is 13.6 Å². The summed E-state index contributed by atoms with van der Waals surface area (Å²) in [6.45, 7) is 0. The number of rotatable bonds is 6. The molecule has 0 aliphatic rings. The molecular weight excluding hydrogens is 452 g/mol. The molecule has 0 atom stereocenters. The van der Waals surface area contributed by atoms with Crippen molar-refractivity contribution in [2.45, 2.75) is 12.4 Å². The van der Waals surface area contributed by atoms with E-state index >= 15 is 0 Å². The van der Waals surface area contributed by atoms with Crippen LogP contribution in [0.15, 0.2) is 48.5 Å². The molecular formula is C14H11F6N3O4S2. The summed E-state index contributed by atoms with van der Waals surface area (Å²) < 4.78 is 127.